The fraction of sp³-hybridized carbons (Fsp3) is 0.400. The highest BCUT2D eigenvalue weighted by atomic mass is 31.1. The Labute approximate surface area is 96.5 Å². The Hall–Kier alpha value is -0.840. The average molecular weight is 266 g/mol. The summed E-state index contributed by atoms with van der Waals surface area (Å²) in [5, 5.41) is 0. The highest BCUT2D eigenvalue weighted by Gasteiger charge is 2.36. The summed E-state index contributed by atoms with van der Waals surface area (Å²) < 4.78 is 58.9. The van der Waals surface area contributed by atoms with Crippen molar-refractivity contribution in [3.8, 4) is 0 Å². The van der Waals surface area contributed by atoms with Gasteiger partial charge in [-0.15, -0.1) is 0 Å². The number of halogens is 3. The van der Waals surface area contributed by atoms with E-state index in [1.54, 1.807) is 0 Å². The maximum Gasteiger partial charge on any atom is 0.416 e. The zero-order valence-corrected chi connectivity index (χ0v) is 9.66. The molecule has 1 fully saturated rings. The van der Waals surface area contributed by atoms with Crippen molar-refractivity contribution in [1.29, 1.82) is 0 Å². The zero-order valence-electron chi connectivity index (χ0n) is 8.66. The van der Waals surface area contributed by atoms with Crippen LogP contribution in [0.5, 0.6) is 0 Å². The van der Waals surface area contributed by atoms with E-state index in [2.05, 4.69) is 0 Å². The summed E-state index contributed by atoms with van der Waals surface area (Å²) in [5.41, 5.74) is -0.733. The summed E-state index contributed by atoms with van der Waals surface area (Å²) in [4.78, 5) is 0. The second-order valence-corrected chi connectivity index (χ2v) is 4.60. The molecule has 1 saturated heterocycles. The SMILES string of the molecule is O=[PH]1OCC[C@@H](c2ccccc2C(F)(F)F)O1. The Morgan fingerprint density at radius 1 is 1.29 bits per heavy atom. The molecule has 1 aliphatic heterocycles. The van der Waals surface area contributed by atoms with Gasteiger partial charge in [-0.05, 0) is 11.6 Å². The number of benzene rings is 1. The normalized spacial score (nSPS) is 25.8. The first-order valence-electron chi connectivity index (χ1n) is 4.98. The van der Waals surface area contributed by atoms with Gasteiger partial charge in [0.05, 0.1) is 18.3 Å². The maximum atomic E-state index is 12.7. The molecule has 1 aromatic carbocycles. The molecule has 1 heterocycles. The van der Waals surface area contributed by atoms with Gasteiger partial charge >= 0.3 is 14.4 Å². The van der Waals surface area contributed by atoms with Crippen molar-refractivity contribution in [2.24, 2.45) is 0 Å². The monoisotopic (exact) mass is 266 g/mol. The molecule has 94 valence electrons. The largest absolute Gasteiger partial charge is 0.416 e. The molecule has 2 atom stereocenters. The van der Waals surface area contributed by atoms with E-state index in [0.717, 1.165) is 6.07 Å². The van der Waals surface area contributed by atoms with E-state index in [1.165, 1.54) is 18.2 Å². The first kappa shape index (κ1) is 12.6. The third-order valence-electron chi connectivity index (χ3n) is 2.45. The van der Waals surface area contributed by atoms with Gasteiger partial charge in [-0.2, -0.15) is 13.2 Å². The third kappa shape index (κ3) is 2.89. The Bertz CT molecular complexity index is 433. The van der Waals surface area contributed by atoms with Gasteiger partial charge in [0.15, 0.2) is 0 Å². The molecule has 0 amide bonds. The molecule has 1 aliphatic rings. The lowest BCUT2D eigenvalue weighted by Crippen LogP contribution is -2.16. The molecular weight excluding hydrogens is 256 g/mol. The van der Waals surface area contributed by atoms with Gasteiger partial charge in [0.1, 0.15) is 0 Å². The van der Waals surface area contributed by atoms with Crippen LogP contribution in [0.4, 0.5) is 13.2 Å². The number of rotatable bonds is 1. The topological polar surface area (TPSA) is 35.5 Å². The molecule has 0 saturated carbocycles. The molecule has 0 radical (unpaired) electrons. The summed E-state index contributed by atoms with van der Waals surface area (Å²) in [6.07, 6.45) is -4.98. The Morgan fingerprint density at radius 3 is 2.65 bits per heavy atom. The van der Waals surface area contributed by atoms with Gasteiger partial charge in [-0.3, -0.25) is 4.57 Å². The van der Waals surface area contributed by atoms with Crippen LogP contribution in [-0.2, 0) is 19.8 Å². The molecular formula is C10H10F3O3P. The standard InChI is InChI=1S/C10H10F3O3P/c11-10(12,13)8-4-2-1-3-7(8)9-5-6-15-17(14)16-9/h1-4,9,17H,5-6H2/t9-/m0/s1. The van der Waals surface area contributed by atoms with Crippen LogP contribution in [0.1, 0.15) is 23.7 Å². The van der Waals surface area contributed by atoms with E-state index in [9.17, 15) is 17.7 Å². The van der Waals surface area contributed by atoms with Crippen molar-refractivity contribution in [2.45, 2.75) is 18.7 Å². The molecule has 0 spiro atoms. The van der Waals surface area contributed by atoms with Crippen LogP contribution in [0, 0.1) is 0 Å². The maximum absolute atomic E-state index is 12.7. The fourth-order valence-electron chi connectivity index (χ4n) is 1.71. The number of hydrogen-bond acceptors (Lipinski definition) is 3. The van der Waals surface area contributed by atoms with Crippen LogP contribution in [0.15, 0.2) is 24.3 Å². The number of alkyl halides is 3. The third-order valence-corrected chi connectivity index (χ3v) is 3.37. The summed E-state index contributed by atoms with van der Waals surface area (Å²) in [6, 6.07) is 5.15. The molecule has 2 rings (SSSR count). The summed E-state index contributed by atoms with van der Waals surface area (Å²) in [7, 11) is -2.67. The Morgan fingerprint density at radius 2 is 2.00 bits per heavy atom. The summed E-state index contributed by atoms with van der Waals surface area (Å²) in [5.74, 6) is 0. The molecule has 3 nitrogen and oxygen atoms in total. The molecule has 7 heteroatoms. The van der Waals surface area contributed by atoms with E-state index in [0.29, 0.717) is 0 Å². The van der Waals surface area contributed by atoms with E-state index in [4.69, 9.17) is 9.05 Å². The molecule has 0 N–H and O–H groups in total. The van der Waals surface area contributed by atoms with Gasteiger partial charge in [-0.1, -0.05) is 18.2 Å². The smallest absolute Gasteiger partial charge is 0.311 e. The van der Waals surface area contributed by atoms with Crippen molar-refractivity contribution in [2.75, 3.05) is 6.61 Å². The van der Waals surface area contributed by atoms with Crippen LogP contribution >= 0.6 is 8.25 Å². The predicted octanol–water partition coefficient (Wildman–Crippen LogP) is 3.57. The van der Waals surface area contributed by atoms with E-state index >= 15 is 0 Å². The predicted molar refractivity (Wildman–Crippen MR) is 54.8 cm³/mol. The second kappa shape index (κ2) is 4.80. The second-order valence-electron chi connectivity index (χ2n) is 3.58. The minimum Gasteiger partial charge on any atom is -0.311 e. The van der Waals surface area contributed by atoms with Crippen molar-refractivity contribution in [3.05, 3.63) is 35.4 Å². The molecule has 0 aromatic heterocycles. The molecule has 0 bridgehead atoms. The van der Waals surface area contributed by atoms with Gasteiger partial charge < -0.3 is 9.05 Å². The van der Waals surface area contributed by atoms with Gasteiger partial charge in [0.2, 0.25) is 0 Å². The van der Waals surface area contributed by atoms with Gasteiger partial charge in [-0.25, -0.2) is 0 Å². The summed E-state index contributed by atoms with van der Waals surface area (Å²) in [6.45, 7) is 0.147. The van der Waals surface area contributed by atoms with Gasteiger partial charge in [0.25, 0.3) is 0 Å². The molecule has 1 aromatic rings. The minimum atomic E-state index is -4.44. The van der Waals surface area contributed by atoms with E-state index < -0.39 is 26.1 Å². The quantitative estimate of drug-likeness (QED) is 0.729. The van der Waals surface area contributed by atoms with E-state index in [-0.39, 0.29) is 18.6 Å². The Kier molecular flexibility index (Phi) is 3.56. The lowest BCUT2D eigenvalue weighted by molar-refractivity contribution is -0.139. The van der Waals surface area contributed by atoms with Gasteiger partial charge in [0, 0.05) is 6.42 Å². The van der Waals surface area contributed by atoms with Crippen LogP contribution in [0.3, 0.4) is 0 Å². The Balaban J connectivity index is 2.34. The first-order chi connectivity index (χ1) is 7.98. The lowest BCUT2D eigenvalue weighted by atomic mass is 10.00. The van der Waals surface area contributed by atoms with Crippen molar-refractivity contribution in [1.82, 2.24) is 0 Å². The minimum absolute atomic E-state index is 0.0154. The van der Waals surface area contributed by atoms with Crippen LogP contribution in [0.2, 0.25) is 0 Å². The molecule has 0 aliphatic carbocycles. The molecule has 17 heavy (non-hydrogen) atoms. The van der Waals surface area contributed by atoms with Crippen molar-refractivity contribution >= 4 is 8.25 Å². The average Bonchev–Trinajstić information content (AvgIpc) is 2.28. The summed E-state index contributed by atoms with van der Waals surface area (Å²) >= 11 is 0. The first-order valence-corrected chi connectivity index (χ1v) is 6.20. The van der Waals surface area contributed by atoms with Crippen molar-refractivity contribution < 1.29 is 26.8 Å². The van der Waals surface area contributed by atoms with Crippen molar-refractivity contribution in [3.63, 3.8) is 0 Å². The molecule has 1 unspecified atom stereocenters. The fourth-order valence-corrected chi connectivity index (χ4v) is 2.54. The highest BCUT2D eigenvalue weighted by Crippen LogP contribution is 2.43. The van der Waals surface area contributed by atoms with Crippen LogP contribution in [-0.4, -0.2) is 6.61 Å². The highest BCUT2D eigenvalue weighted by molar-refractivity contribution is 7.33. The van der Waals surface area contributed by atoms with Crippen LogP contribution < -0.4 is 0 Å². The number of hydrogen-bond donors (Lipinski definition) is 0. The lowest BCUT2D eigenvalue weighted by Gasteiger charge is -2.25. The zero-order chi connectivity index (χ0) is 12.5. The van der Waals surface area contributed by atoms with E-state index in [1.807, 2.05) is 0 Å². The van der Waals surface area contributed by atoms with Crippen LogP contribution in [0.25, 0.3) is 0 Å².